The van der Waals surface area contributed by atoms with E-state index in [1.165, 1.54) is 0 Å². The smallest absolute Gasteiger partial charge is 0.475 e. The summed E-state index contributed by atoms with van der Waals surface area (Å²) in [6, 6.07) is 9.56. The Morgan fingerprint density at radius 2 is 1.89 bits per heavy atom. The van der Waals surface area contributed by atoms with Gasteiger partial charge in [-0.1, -0.05) is 18.2 Å². The molecule has 0 saturated heterocycles. The molecule has 3 aromatic rings. The van der Waals surface area contributed by atoms with Gasteiger partial charge in [0.2, 0.25) is 0 Å². The van der Waals surface area contributed by atoms with E-state index in [1.807, 2.05) is 53.4 Å². The highest BCUT2D eigenvalue weighted by Gasteiger charge is 2.38. The molecule has 0 radical (unpaired) electrons. The number of carbonyl (C=O) groups is 3. The number of carboxylic acids is 1. The van der Waals surface area contributed by atoms with E-state index in [1.54, 1.807) is 19.0 Å². The molecule has 2 amide bonds. The fourth-order valence-electron chi connectivity index (χ4n) is 4.21. The van der Waals surface area contributed by atoms with E-state index in [0.717, 1.165) is 46.5 Å². The molecule has 0 fully saturated rings. The molecule has 198 valence electrons. The first-order valence-electron chi connectivity index (χ1n) is 11.6. The molecule has 38 heavy (non-hydrogen) atoms. The second kappa shape index (κ2) is 10.5. The van der Waals surface area contributed by atoms with Gasteiger partial charge in [-0.2, -0.15) is 18.3 Å². The first-order valence-corrected chi connectivity index (χ1v) is 11.6. The zero-order valence-electron chi connectivity index (χ0n) is 20.5. The van der Waals surface area contributed by atoms with Crippen LogP contribution in [0.2, 0.25) is 0 Å². The Morgan fingerprint density at radius 3 is 2.58 bits per heavy atom. The summed E-state index contributed by atoms with van der Waals surface area (Å²) in [6.07, 6.45) is 2.37. The summed E-state index contributed by atoms with van der Waals surface area (Å²) in [5.74, 6) is -2.82. The summed E-state index contributed by atoms with van der Waals surface area (Å²) in [7, 11) is 3.49. The van der Waals surface area contributed by atoms with Crippen molar-refractivity contribution in [2.45, 2.75) is 25.6 Å². The van der Waals surface area contributed by atoms with Gasteiger partial charge in [0.25, 0.3) is 11.8 Å². The maximum Gasteiger partial charge on any atom is 0.490 e. The van der Waals surface area contributed by atoms with Gasteiger partial charge in [0.1, 0.15) is 5.69 Å². The molecule has 9 nitrogen and oxygen atoms in total. The third-order valence-corrected chi connectivity index (χ3v) is 6.01. The van der Waals surface area contributed by atoms with Crippen LogP contribution in [0.25, 0.3) is 23.4 Å². The van der Waals surface area contributed by atoms with Crippen molar-refractivity contribution in [3.8, 4) is 11.3 Å². The minimum absolute atomic E-state index is 0.0255. The number of carboxylic acid groups (broad SMARTS) is 1. The van der Waals surface area contributed by atoms with Crippen LogP contribution >= 0.6 is 0 Å². The van der Waals surface area contributed by atoms with Gasteiger partial charge in [-0.3, -0.25) is 19.3 Å². The molecular formula is C26H24F3N5O4. The van der Waals surface area contributed by atoms with Crippen molar-refractivity contribution in [1.29, 1.82) is 0 Å². The highest BCUT2D eigenvalue weighted by Crippen LogP contribution is 2.35. The molecule has 1 aliphatic carbocycles. The number of nitrogens with one attached hydrogen (secondary N) is 1. The number of rotatable bonds is 3. The number of amides is 2. The van der Waals surface area contributed by atoms with E-state index < -0.39 is 12.1 Å². The number of aliphatic carboxylic acids is 1. The molecule has 3 heterocycles. The van der Waals surface area contributed by atoms with Crippen LogP contribution in [-0.4, -0.2) is 69.4 Å². The van der Waals surface area contributed by atoms with Gasteiger partial charge < -0.3 is 15.3 Å². The van der Waals surface area contributed by atoms with Crippen molar-refractivity contribution < 1.29 is 32.7 Å². The molecule has 1 aliphatic heterocycles. The topological polar surface area (TPSA) is 117 Å². The highest BCUT2D eigenvalue weighted by atomic mass is 19.4. The van der Waals surface area contributed by atoms with Gasteiger partial charge >= 0.3 is 12.1 Å². The number of aromatic nitrogens is 3. The zero-order valence-corrected chi connectivity index (χ0v) is 20.5. The Kier molecular flexibility index (Phi) is 7.33. The summed E-state index contributed by atoms with van der Waals surface area (Å²) < 4.78 is 33.6. The fraction of sp³-hybridized carbons (Fsp3) is 0.269. The molecule has 0 unspecified atom stereocenters. The molecule has 0 bridgehead atoms. The monoisotopic (exact) mass is 527 g/mol. The second-order valence-electron chi connectivity index (χ2n) is 8.88. The third kappa shape index (κ3) is 5.58. The van der Waals surface area contributed by atoms with Crippen LogP contribution in [0.3, 0.4) is 0 Å². The van der Waals surface area contributed by atoms with E-state index >= 15 is 0 Å². The first kappa shape index (κ1) is 26.6. The third-order valence-electron chi connectivity index (χ3n) is 6.01. The molecule has 5 rings (SSSR count). The van der Waals surface area contributed by atoms with E-state index in [-0.39, 0.29) is 11.8 Å². The maximum atomic E-state index is 12.4. The molecule has 2 aliphatic rings. The summed E-state index contributed by atoms with van der Waals surface area (Å²) in [4.78, 5) is 39.6. The van der Waals surface area contributed by atoms with Crippen LogP contribution in [0.5, 0.6) is 0 Å². The van der Waals surface area contributed by atoms with Crippen molar-refractivity contribution in [2.75, 3.05) is 20.6 Å². The van der Waals surface area contributed by atoms with Crippen molar-refractivity contribution in [2.24, 2.45) is 0 Å². The zero-order chi connectivity index (χ0) is 27.6. The molecule has 0 atom stereocenters. The lowest BCUT2D eigenvalue weighted by Crippen LogP contribution is -2.36. The summed E-state index contributed by atoms with van der Waals surface area (Å²) in [5.41, 5.74) is 7.21. The predicted molar refractivity (Wildman–Crippen MR) is 132 cm³/mol. The lowest BCUT2D eigenvalue weighted by molar-refractivity contribution is -0.192. The minimum Gasteiger partial charge on any atom is -0.475 e. The van der Waals surface area contributed by atoms with Crippen molar-refractivity contribution in [3.63, 3.8) is 0 Å². The van der Waals surface area contributed by atoms with Crippen molar-refractivity contribution in [3.05, 3.63) is 70.2 Å². The number of aryl methyl sites for hydroxylation is 1. The van der Waals surface area contributed by atoms with Crippen LogP contribution in [0.15, 0.2) is 36.5 Å². The minimum atomic E-state index is -5.08. The number of fused-ring (bicyclic) bond motifs is 5. The van der Waals surface area contributed by atoms with Crippen LogP contribution in [0, 0.1) is 0 Å². The first-order chi connectivity index (χ1) is 18.0. The average Bonchev–Trinajstić information content (AvgIpc) is 3.27. The van der Waals surface area contributed by atoms with Gasteiger partial charge in [-0.15, -0.1) is 0 Å². The number of benzene rings is 1. The number of hydrogen-bond acceptors (Lipinski definition) is 5. The second-order valence-corrected chi connectivity index (χ2v) is 8.88. The largest absolute Gasteiger partial charge is 0.490 e. The van der Waals surface area contributed by atoms with E-state index in [4.69, 9.17) is 15.0 Å². The van der Waals surface area contributed by atoms with Gasteiger partial charge in [0.05, 0.1) is 17.9 Å². The summed E-state index contributed by atoms with van der Waals surface area (Å²) in [5, 5.41) is 14.8. The molecular weight excluding hydrogens is 503 g/mol. The van der Waals surface area contributed by atoms with E-state index in [9.17, 15) is 22.8 Å². The summed E-state index contributed by atoms with van der Waals surface area (Å²) >= 11 is 0. The fourth-order valence-corrected chi connectivity index (χ4v) is 4.21. The number of pyridine rings is 1. The van der Waals surface area contributed by atoms with Crippen LogP contribution in [0.1, 0.15) is 43.2 Å². The van der Waals surface area contributed by atoms with Gasteiger partial charge in [-0.05, 0) is 48.2 Å². The van der Waals surface area contributed by atoms with Crippen molar-refractivity contribution in [1.82, 2.24) is 25.0 Å². The maximum absolute atomic E-state index is 12.4. The average molecular weight is 528 g/mol. The lowest BCUT2D eigenvalue weighted by Gasteiger charge is -2.17. The van der Waals surface area contributed by atoms with E-state index in [2.05, 4.69) is 10.3 Å². The standard InChI is InChI=1S/C24H23N5O2.C2HF3O2/c1-28(2)24(31)16-5-3-4-15(12-16)6-8-18-13-20-17(14-26-18)7-9-19-21(20)27-29-11-10-25-23(30)22(19)29;3-2(4,5)1(6)7/h3-6,8,12-14H,7,9-11H2,1-2H3,(H,25,30);(H,6,7)/b8-6+;. The van der Waals surface area contributed by atoms with Gasteiger partial charge in [0, 0.05) is 43.5 Å². The Hall–Kier alpha value is -4.48. The molecule has 2 aromatic heterocycles. The molecule has 2 N–H and O–H groups in total. The number of halogens is 3. The highest BCUT2D eigenvalue weighted by molar-refractivity contribution is 5.97. The Balaban J connectivity index is 0.000000426. The number of hydrogen-bond donors (Lipinski definition) is 2. The Bertz CT molecular complexity index is 1440. The van der Waals surface area contributed by atoms with Crippen LogP contribution in [-0.2, 0) is 24.2 Å². The van der Waals surface area contributed by atoms with Crippen LogP contribution in [0.4, 0.5) is 13.2 Å². The SMILES string of the molecule is CN(C)C(=O)c1cccc(/C=C/c2cc3c(cn2)CCc2c-3nn3c2C(=O)NCC3)c1.O=C(O)C(F)(F)F. The van der Waals surface area contributed by atoms with Crippen molar-refractivity contribution >= 4 is 29.9 Å². The number of alkyl halides is 3. The predicted octanol–water partition coefficient (Wildman–Crippen LogP) is 3.29. The summed E-state index contributed by atoms with van der Waals surface area (Å²) in [6.45, 7) is 1.31. The van der Waals surface area contributed by atoms with Crippen LogP contribution < -0.4 is 5.32 Å². The van der Waals surface area contributed by atoms with Gasteiger partial charge in [0.15, 0.2) is 0 Å². The Labute approximate surface area is 215 Å². The normalized spacial score (nSPS) is 14.0. The van der Waals surface area contributed by atoms with E-state index in [0.29, 0.717) is 24.3 Å². The Morgan fingerprint density at radius 1 is 1.16 bits per heavy atom. The lowest BCUT2D eigenvalue weighted by atomic mass is 9.89. The number of carbonyl (C=O) groups excluding carboxylic acids is 2. The molecule has 0 saturated carbocycles. The quantitative estimate of drug-likeness (QED) is 0.540. The number of nitrogens with zero attached hydrogens (tertiary/aromatic N) is 4. The molecule has 1 aromatic carbocycles. The molecule has 12 heteroatoms. The molecule has 0 spiro atoms. The van der Waals surface area contributed by atoms with Gasteiger partial charge in [-0.25, -0.2) is 4.79 Å².